The van der Waals surface area contributed by atoms with Gasteiger partial charge in [0.2, 0.25) is 0 Å². The molecule has 1 aromatic heterocycles. The van der Waals surface area contributed by atoms with Crippen LogP contribution >= 0.6 is 15.9 Å². The fraction of sp³-hybridized carbons (Fsp3) is 0.250. The van der Waals surface area contributed by atoms with Gasteiger partial charge in [-0.2, -0.15) is 0 Å². The lowest BCUT2D eigenvalue weighted by molar-refractivity contribution is 0.112. The van der Waals surface area contributed by atoms with E-state index in [4.69, 9.17) is 0 Å². The number of halogens is 1. The van der Waals surface area contributed by atoms with E-state index >= 15 is 0 Å². The number of rotatable bonds is 3. The maximum Gasteiger partial charge on any atom is 0.151 e. The van der Waals surface area contributed by atoms with Gasteiger partial charge in [0.15, 0.2) is 6.29 Å². The third-order valence-electron chi connectivity index (χ3n) is 3.73. The molecule has 4 nitrogen and oxygen atoms in total. The summed E-state index contributed by atoms with van der Waals surface area (Å²) < 4.78 is 0.849. The summed E-state index contributed by atoms with van der Waals surface area (Å²) in [6.07, 6.45) is 2.70. The van der Waals surface area contributed by atoms with Crippen molar-refractivity contribution in [1.82, 2.24) is 4.98 Å². The number of carbonyl (C=O) groups is 1. The summed E-state index contributed by atoms with van der Waals surface area (Å²) in [5.74, 6) is 1.04. The minimum Gasteiger partial charge on any atom is -0.368 e. The summed E-state index contributed by atoms with van der Waals surface area (Å²) in [6.45, 7) is 3.79. The second kappa shape index (κ2) is 6.26. The van der Waals surface area contributed by atoms with Gasteiger partial charge in [0.05, 0.1) is 0 Å². The first-order valence-corrected chi connectivity index (χ1v) is 7.73. The molecule has 5 heteroatoms. The lowest BCUT2D eigenvalue weighted by Gasteiger charge is -2.36. The Hall–Kier alpha value is -1.88. The Bertz CT molecular complexity index is 625. The van der Waals surface area contributed by atoms with E-state index in [1.165, 1.54) is 0 Å². The Labute approximate surface area is 132 Å². The van der Waals surface area contributed by atoms with Crippen LogP contribution in [-0.2, 0) is 0 Å². The number of pyridine rings is 1. The van der Waals surface area contributed by atoms with Crippen molar-refractivity contribution in [2.45, 2.75) is 0 Å². The number of aromatic nitrogens is 1. The predicted octanol–water partition coefficient (Wildman–Crippen LogP) is 2.98. The van der Waals surface area contributed by atoms with E-state index in [1.54, 1.807) is 0 Å². The van der Waals surface area contributed by atoms with Crippen molar-refractivity contribution < 1.29 is 4.79 Å². The van der Waals surface area contributed by atoms with E-state index in [-0.39, 0.29) is 0 Å². The van der Waals surface area contributed by atoms with Gasteiger partial charge in [-0.15, -0.1) is 0 Å². The fourth-order valence-corrected chi connectivity index (χ4v) is 3.00. The first-order chi connectivity index (χ1) is 10.3. The van der Waals surface area contributed by atoms with Gasteiger partial charge in [0.1, 0.15) is 5.82 Å². The second-order valence-corrected chi connectivity index (χ2v) is 5.84. The van der Waals surface area contributed by atoms with Crippen LogP contribution in [0.4, 0.5) is 11.5 Å². The summed E-state index contributed by atoms with van der Waals surface area (Å²) in [6, 6.07) is 11.9. The van der Waals surface area contributed by atoms with Crippen LogP contribution in [0.15, 0.2) is 47.1 Å². The van der Waals surface area contributed by atoms with Crippen molar-refractivity contribution >= 4 is 33.7 Å². The lowest BCUT2D eigenvalue weighted by Crippen LogP contribution is -2.46. The summed E-state index contributed by atoms with van der Waals surface area (Å²) in [4.78, 5) is 19.9. The quantitative estimate of drug-likeness (QED) is 0.801. The van der Waals surface area contributed by atoms with Gasteiger partial charge in [-0.1, -0.05) is 6.07 Å². The Balaban J connectivity index is 1.68. The molecule has 1 saturated heterocycles. The molecule has 0 atom stereocenters. The number of benzene rings is 1. The first-order valence-electron chi connectivity index (χ1n) is 6.93. The zero-order chi connectivity index (χ0) is 14.7. The molecule has 0 unspecified atom stereocenters. The van der Waals surface area contributed by atoms with Gasteiger partial charge in [0, 0.05) is 48.1 Å². The standard InChI is InChI=1S/C16H16BrN3O/c17-15-11-14(5-4-13(15)12-21)19-7-9-20(10-8-19)16-3-1-2-6-18-16/h1-6,11-12H,7-10H2. The predicted molar refractivity (Wildman–Crippen MR) is 88.2 cm³/mol. The molecule has 1 fully saturated rings. The average molecular weight is 346 g/mol. The molecule has 1 aliphatic heterocycles. The van der Waals surface area contributed by atoms with Crippen LogP contribution in [-0.4, -0.2) is 37.4 Å². The van der Waals surface area contributed by atoms with Gasteiger partial charge in [-0.3, -0.25) is 4.79 Å². The molecule has 2 heterocycles. The highest BCUT2D eigenvalue weighted by Crippen LogP contribution is 2.24. The average Bonchev–Trinajstić information content (AvgIpc) is 2.56. The summed E-state index contributed by atoms with van der Waals surface area (Å²) in [7, 11) is 0. The molecule has 0 aliphatic carbocycles. The van der Waals surface area contributed by atoms with Crippen LogP contribution < -0.4 is 9.80 Å². The van der Waals surface area contributed by atoms with Crippen molar-refractivity contribution in [2.24, 2.45) is 0 Å². The van der Waals surface area contributed by atoms with E-state index in [0.717, 1.165) is 48.4 Å². The number of piperazine rings is 1. The van der Waals surface area contributed by atoms with E-state index < -0.39 is 0 Å². The monoisotopic (exact) mass is 345 g/mol. The molecule has 1 aliphatic rings. The van der Waals surface area contributed by atoms with Crippen molar-refractivity contribution in [2.75, 3.05) is 36.0 Å². The first kappa shape index (κ1) is 14.1. The van der Waals surface area contributed by atoms with Gasteiger partial charge >= 0.3 is 0 Å². The Kier molecular flexibility index (Phi) is 4.20. The molecule has 0 saturated carbocycles. The molecule has 0 N–H and O–H groups in total. The van der Waals surface area contributed by atoms with Gasteiger partial charge in [-0.25, -0.2) is 4.98 Å². The molecule has 0 spiro atoms. The number of hydrogen-bond acceptors (Lipinski definition) is 4. The minimum atomic E-state index is 0.686. The number of anilines is 2. The topological polar surface area (TPSA) is 36.4 Å². The lowest BCUT2D eigenvalue weighted by atomic mass is 10.2. The second-order valence-electron chi connectivity index (χ2n) is 4.99. The molecule has 21 heavy (non-hydrogen) atoms. The zero-order valence-corrected chi connectivity index (χ0v) is 13.2. The highest BCUT2D eigenvalue weighted by molar-refractivity contribution is 9.10. The van der Waals surface area contributed by atoms with E-state index in [2.05, 4.69) is 30.7 Å². The molecule has 0 bridgehead atoms. The summed E-state index contributed by atoms with van der Waals surface area (Å²) >= 11 is 3.44. The van der Waals surface area contributed by atoms with Gasteiger partial charge in [-0.05, 0) is 46.3 Å². The molecule has 0 amide bonds. The molecule has 1 aromatic carbocycles. The van der Waals surface area contributed by atoms with Crippen LogP contribution in [0.5, 0.6) is 0 Å². The molecular weight excluding hydrogens is 330 g/mol. The van der Waals surface area contributed by atoms with E-state index in [0.29, 0.717) is 5.56 Å². The normalized spacial score (nSPS) is 15.1. The largest absolute Gasteiger partial charge is 0.368 e. The fourth-order valence-electron chi connectivity index (χ4n) is 2.54. The molecule has 3 rings (SSSR count). The minimum absolute atomic E-state index is 0.686. The molecule has 2 aromatic rings. The van der Waals surface area contributed by atoms with Crippen LogP contribution in [0, 0.1) is 0 Å². The van der Waals surface area contributed by atoms with Crippen molar-refractivity contribution in [3.63, 3.8) is 0 Å². The molecular formula is C16H16BrN3O. The Morgan fingerprint density at radius 1 is 1.05 bits per heavy atom. The highest BCUT2D eigenvalue weighted by atomic mass is 79.9. The third-order valence-corrected chi connectivity index (χ3v) is 4.42. The van der Waals surface area contributed by atoms with Gasteiger partial charge in [0.25, 0.3) is 0 Å². The van der Waals surface area contributed by atoms with Crippen LogP contribution in [0.1, 0.15) is 10.4 Å². The Morgan fingerprint density at radius 3 is 2.43 bits per heavy atom. The smallest absolute Gasteiger partial charge is 0.151 e. The highest BCUT2D eigenvalue weighted by Gasteiger charge is 2.18. The van der Waals surface area contributed by atoms with E-state index in [1.807, 2.05) is 42.6 Å². The SMILES string of the molecule is O=Cc1ccc(N2CCN(c3ccccn3)CC2)cc1Br. The maximum absolute atomic E-state index is 10.9. The van der Waals surface area contributed by atoms with Crippen molar-refractivity contribution in [3.8, 4) is 0 Å². The van der Waals surface area contributed by atoms with Crippen LogP contribution in [0.25, 0.3) is 0 Å². The Morgan fingerprint density at radius 2 is 1.81 bits per heavy atom. The summed E-state index contributed by atoms with van der Waals surface area (Å²) in [5, 5.41) is 0. The van der Waals surface area contributed by atoms with Crippen LogP contribution in [0.2, 0.25) is 0 Å². The number of nitrogens with zero attached hydrogens (tertiary/aromatic N) is 3. The number of carbonyl (C=O) groups excluding carboxylic acids is 1. The molecule has 0 radical (unpaired) electrons. The third kappa shape index (κ3) is 3.08. The molecule has 108 valence electrons. The van der Waals surface area contributed by atoms with Gasteiger partial charge < -0.3 is 9.80 Å². The number of aldehydes is 1. The van der Waals surface area contributed by atoms with E-state index in [9.17, 15) is 4.79 Å². The van der Waals surface area contributed by atoms with Crippen molar-refractivity contribution in [3.05, 3.63) is 52.6 Å². The summed E-state index contributed by atoms with van der Waals surface area (Å²) in [5.41, 5.74) is 1.83. The zero-order valence-electron chi connectivity index (χ0n) is 11.6. The number of hydrogen-bond donors (Lipinski definition) is 0. The van der Waals surface area contributed by atoms with Crippen LogP contribution in [0.3, 0.4) is 0 Å². The van der Waals surface area contributed by atoms with Crippen molar-refractivity contribution in [1.29, 1.82) is 0 Å². The maximum atomic E-state index is 10.9.